The van der Waals surface area contributed by atoms with Crippen molar-refractivity contribution < 1.29 is 35.6 Å². The van der Waals surface area contributed by atoms with Crippen LogP contribution in [0.3, 0.4) is 0 Å². The maximum Gasteiger partial charge on any atom is 0.339 e. The Labute approximate surface area is 186 Å². The van der Waals surface area contributed by atoms with E-state index in [1.807, 2.05) is 48.5 Å². The Morgan fingerprint density at radius 3 is 1.67 bits per heavy atom. The first-order chi connectivity index (χ1) is 14.4. The van der Waals surface area contributed by atoms with E-state index in [-0.39, 0.29) is 0 Å². The minimum Gasteiger partial charge on any atom is -0.205 e. The van der Waals surface area contributed by atoms with Crippen molar-refractivity contribution in [1.29, 1.82) is 0 Å². The number of aryl methyl sites for hydroxylation is 2. The van der Waals surface area contributed by atoms with Gasteiger partial charge in [-0.05, 0) is 62.9 Å². The van der Waals surface area contributed by atoms with E-state index in [1.54, 1.807) is 0 Å². The summed E-state index contributed by atoms with van der Waals surface area (Å²) >= 11 is -2.82. The first kappa shape index (κ1) is 22.9. The minimum absolute atomic E-state index is 0.419. The fraction of sp³-hybridized carbons (Fsp3) is 0.250. The molecule has 0 aliphatic rings. The van der Waals surface area contributed by atoms with Gasteiger partial charge in [0, 0.05) is 0 Å². The number of halogens is 2. The first-order valence-corrected chi connectivity index (χ1v) is 14.5. The average molecular weight is 540 g/mol. The van der Waals surface area contributed by atoms with Crippen LogP contribution in [-0.4, -0.2) is 8.42 Å². The molecule has 30 heavy (non-hydrogen) atoms. The van der Waals surface area contributed by atoms with Crippen molar-refractivity contribution in [2.24, 2.45) is 0 Å². The van der Waals surface area contributed by atoms with Gasteiger partial charge in [-0.15, -0.1) is 0 Å². The third kappa shape index (κ3) is 5.68. The molecule has 0 bridgehead atoms. The van der Waals surface area contributed by atoms with Crippen molar-refractivity contribution >= 4 is 10.1 Å². The summed E-state index contributed by atoms with van der Waals surface area (Å²) in [6.07, 6.45) is 4.01. The third-order valence-electron chi connectivity index (χ3n) is 4.55. The van der Waals surface area contributed by atoms with Gasteiger partial charge in [-0.2, -0.15) is 8.42 Å². The molecule has 0 spiro atoms. The van der Waals surface area contributed by atoms with Gasteiger partial charge in [0.05, 0.1) is 0 Å². The quantitative estimate of drug-likeness (QED) is 0.393. The zero-order chi connectivity index (χ0) is 21.6. The van der Waals surface area contributed by atoms with E-state index in [2.05, 4.69) is 13.8 Å². The van der Waals surface area contributed by atoms with Crippen molar-refractivity contribution in [2.45, 2.75) is 44.4 Å². The van der Waals surface area contributed by atoms with E-state index in [4.69, 9.17) is 2.51 Å². The lowest BCUT2D eigenvalue weighted by molar-refractivity contribution is -1.03. The van der Waals surface area contributed by atoms with Crippen molar-refractivity contribution in [3.05, 3.63) is 96.9 Å². The Morgan fingerprint density at radius 1 is 0.767 bits per heavy atom. The molecule has 0 unspecified atom stereocenters. The van der Waals surface area contributed by atoms with E-state index >= 15 is 0 Å². The maximum atomic E-state index is 14.2. The topological polar surface area (TPSA) is 43.4 Å². The maximum absolute atomic E-state index is 14.2. The van der Waals surface area contributed by atoms with Crippen LogP contribution in [-0.2, 0) is 25.5 Å². The van der Waals surface area contributed by atoms with Crippen molar-refractivity contribution in [1.82, 2.24) is 0 Å². The molecular formula is C24H26FIO3S+. The molecule has 0 aromatic heterocycles. The van der Waals surface area contributed by atoms with Crippen LogP contribution in [0.1, 0.15) is 37.8 Å². The number of rotatable bonds is 9. The molecule has 3 rings (SSSR count). The molecular weight excluding hydrogens is 514 g/mol. The first-order valence-electron chi connectivity index (χ1n) is 10.0. The summed E-state index contributed by atoms with van der Waals surface area (Å²) in [6.45, 7) is 4.24. The molecule has 0 saturated carbocycles. The molecule has 0 aliphatic heterocycles. The van der Waals surface area contributed by atoms with Crippen LogP contribution < -0.4 is 20.2 Å². The lowest BCUT2D eigenvalue weighted by Crippen LogP contribution is -3.85. The molecule has 159 valence electrons. The predicted molar refractivity (Wildman–Crippen MR) is 113 cm³/mol. The van der Waals surface area contributed by atoms with Gasteiger partial charge in [-0.3, -0.25) is 0 Å². The van der Waals surface area contributed by atoms with Gasteiger partial charge in [0.2, 0.25) is 0 Å². The molecule has 3 aromatic carbocycles. The Morgan fingerprint density at radius 2 is 1.23 bits per heavy atom. The van der Waals surface area contributed by atoms with Crippen molar-refractivity contribution in [3.63, 3.8) is 0 Å². The summed E-state index contributed by atoms with van der Waals surface area (Å²) in [5.74, 6) is -0.801. The Balaban J connectivity index is 1.99. The lowest BCUT2D eigenvalue weighted by atomic mass is 10.1. The molecule has 1 radical (unpaired) electrons. The van der Waals surface area contributed by atoms with Crippen molar-refractivity contribution in [2.75, 3.05) is 0 Å². The summed E-state index contributed by atoms with van der Waals surface area (Å²) in [6, 6.07) is 21.2. The minimum atomic E-state index is -4.23. The van der Waals surface area contributed by atoms with Crippen LogP contribution in [0.2, 0.25) is 0 Å². The van der Waals surface area contributed by atoms with Crippen molar-refractivity contribution in [3.8, 4) is 0 Å². The van der Waals surface area contributed by atoms with E-state index in [0.717, 1.165) is 38.9 Å². The molecule has 6 heteroatoms. The highest BCUT2D eigenvalue weighted by molar-refractivity contribution is 7.86. The van der Waals surface area contributed by atoms with E-state index in [1.165, 1.54) is 29.3 Å². The van der Waals surface area contributed by atoms with E-state index in [9.17, 15) is 12.8 Å². The summed E-state index contributed by atoms with van der Waals surface area (Å²) in [7, 11) is -4.23. The molecule has 0 saturated heterocycles. The Bertz CT molecular complexity index is 1010. The predicted octanol–water partition coefficient (Wildman–Crippen LogP) is 2.72. The second-order valence-electron chi connectivity index (χ2n) is 6.95. The van der Waals surface area contributed by atoms with Gasteiger partial charge >= 0.3 is 30.4 Å². The van der Waals surface area contributed by atoms with Gasteiger partial charge < -0.3 is 0 Å². The third-order valence-corrected chi connectivity index (χ3v) is 11.9. The molecule has 3 nitrogen and oxygen atoms in total. The number of benzene rings is 3. The summed E-state index contributed by atoms with van der Waals surface area (Å²) in [4.78, 5) is -0.419. The van der Waals surface area contributed by atoms with Crippen LogP contribution in [0.25, 0.3) is 0 Å². The van der Waals surface area contributed by atoms with Crippen LogP contribution >= 0.6 is 0 Å². The smallest absolute Gasteiger partial charge is 0.205 e. The lowest BCUT2D eigenvalue weighted by Gasteiger charge is -2.08. The monoisotopic (exact) mass is 540 g/mol. The summed E-state index contributed by atoms with van der Waals surface area (Å²) < 4.78 is 47.5. The fourth-order valence-electron chi connectivity index (χ4n) is 3.07. The second kappa shape index (κ2) is 10.5. The zero-order valence-corrected chi connectivity index (χ0v) is 20.1. The molecule has 3 aromatic rings. The van der Waals surface area contributed by atoms with Crippen LogP contribution in [0.5, 0.6) is 0 Å². The summed E-state index contributed by atoms with van der Waals surface area (Å²) in [5, 5.41) is 0. The molecule has 0 N–H and O–H groups in total. The van der Waals surface area contributed by atoms with E-state index < -0.39 is 41.1 Å². The molecule has 0 heterocycles. The van der Waals surface area contributed by atoms with Crippen LogP contribution in [0.15, 0.2) is 77.7 Å². The average Bonchev–Trinajstić information content (AvgIpc) is 2.74. The highest BCUT2D eigenvalue weighted by atomic mass is 127. The van der Waals surface area contributed by atoms with Crippen LogP contribution in [0.4, 0.5) is 4.39 Å². The highest BCUT2D eigenvalue weighted by Crippen LogP contribution is 2.14. The second-order valence-corrected chi connectivity index (χ2v) is 13.4. The van der Waals surface area contributed by atoms with Gasteiger partial charge in [-0.1, -0.05) is 63.1 Å². The van der Waals surface area contributed by atoms with Gasteiger partial charge in [0.25, 0.3) is 0 Å². The normalized spacial score (nSPS) is 11.7. The molecule has 0 aliphatic carbocycles. The van der Waals surface area contributed by atoms with Gasteiger partial charge in [0.1, 0.15) is 10.7 Å². The fourth-order valence-corrected chi connectivity index (χ4v) is 9.99. The Hall–Kier alpha value is -1.77. The van der Waals surface area contributed by atoms with E-state index in [0.29, 0.717) is 0 Å². The largest absolute Gasteiger partial charge is 0.339 e. The molecule has 0 fully saturated rings. The Kier molecular flexibility index (Phi) is 8.02. The zero-order valence-electron chi connectivity index (χ0n) is 17.1. The SMILES string of the molecule is CCCc1ccc([I+](OS(=O)(=O)c2ccccc2F)c2ccc(CCC)cc2)cc1. The van der Waals surface area contributed by atoms with Crippen LogP contribution in [0, 0.1) is 13.0 Å². The number of hydrogen-bond donors (Lipinski definition) is 0. The molecule has 0 amide bonds. The highest BCUT2D eigenvalue weighted by Gasteiger charge is 2.38. The molecule has 0 atom stereocenters. The van der Waals surface area contributed by atoms with Gasteiger partial charge in [-0.25, -0.2) is 4.39 Å². The number of hydrogen-bond acceptors (Lipinski definition) is 3. The summed E-state index contributed by atoms with van der Waals surface area (Å²) in [5.41, 5.74) is 2.40. The van der Waals surface area contributed by atoms with Gasteiger partial charge in [0.15, 0.2) is 7.14 Å². The standard InChI is InChI=1S/C24H26FIO3S/c1-3-7-19-11-15-21(16-12-19)26(22-17-13-20(8-4-2)14-18-22)29-30(27,28)24-10-6-5-9-23(24)25/h5-6,9-18H,3-4,7-8H2,1-2H3/q+1.